The van der Waals surface area contributed by atoms with Gasteiger partial charge in [-0.2, -0.15) is 5.26 Å². The third kappa shape index (κ3) is 3.84. The van der Waals surface area contributed by atoms with Gasteiger partial charge in [0, 0.05) is 6.42 Å². The number of nitrogens with one attached hydrogen (secondary N) is 1. The lowest BCUT2D eigenvalue weighted by molar-refractivity contribution is 0.261. The summed E-state index contributed by atoms with van der Waals surface area (Å²) in [7, 11) is 0. The molecule has 0 radical (unpaired) electrons. The van der Waals surface area contributed by atoms with Gasteiger partial charge in [-0.05, 0) is 24.2 Å². The van der Waals surface area contributed by atoms with Crippen LogP contribution in [0.1, 0.15) is 18.9 Å². The monoisotopic (exact) mass is 280 g/mol. The van der Waals surface area contributed by atoms with Crippen molar-refractivity contribution in [2.45, 2.75) is 18.9 Å². The van der Waals surface area contributed by atoms with Crippen LogP contribution in [0.3, 0.4) is 0 Å². The summed E-state index contributed by atoms with van der Waals surface area (Å²) in [5.74, 6) is 0.828. The highest BCUT2D eigenvalue weighted by molar-refractivity contribution is 5.31. The highest BCUT2D eigenvalue weighted by Crippen LogP contribution is 2.25. The van der Waals surface area contributed by atoms with Crippen molar-refractivity contribution in [2.24, 2.45) is 0 Å². The number of para-hydroxylation sites is 1. The van der Waals surface area contributed by atoms with Gasteiger partial charge in [-0.1, -0.05) is 55.5 Å². The minimum Gasteiger partial charge on any atom is -0.493 e. The number of nitriles is 1. The summed E-state index contributed by atoms with van der Waals surface area (Å²) in [6.07, 6.45) is 0.593. The van der Waals surface area contributed by atoms with Crippen molar-refractivity contribution < 1.29 is 4.74 Å². The fraction of sp³-hybridized carbons (Fsp3) is 0.278. The van der Waals surface area contributed by atoms with Crippen LogP contribution in [0.15, 0.2) is 60.7 Å². The molecule has 0 bridgehead atoms. The Morgan fingerprint density at radius 2 is 1.67 bits per heavy atom. The third-order valence-electron chi connectivity index (χ3n) is 3.42. The van der Waals surface area contributed by atoms with Crippen LogP contribution in [0.25, 0.3) is 0 Å². The van der Waals surface area contributed by atoms with Crippen LogP contribution < -0.4 is 10.1 Å². The van der Waals surface area contributed by atoms with E-state index in [0.29, 0.717) is 13.0 Å². The quantitative estimate of drug-likeness (QED) is 0.844. The molecule has 1 N–H and O–H groups in total. The molecule has 0 aromatic heterocycles. The maximum atomic E-state index is 9.69. The van der Waals surface area contributed by atoms with Crippen LogP contribution in [0.4, 0.5) is 0 Å². The van der Waals surface area contributed by atoms with Gasteiger partial charge in [0.25, 0.3) is 0 Å². The summed E-state index contributed by atoms with van der Waals surface area (Å²) >= 11 is 0. The number of rotatable bonds is 7. The lowest BCUT2D eigenvalue weighted by Gasteiger charge is -2.28. The molecule has 0 fully saturated rings. The van der Waals surface area contributed by atoms with Gasteiger partial charge in [-0.15, -0.1) is 0 Å². The molecule has 0 aliphatic carbocycles. The first-order chi connectivity index (χ1) is 10.3. The fourth-order valence-electron chi connectivity index (χ4n) is 2.36. The molecule has 3 heteroatoms. The molecule has 2 aromatic rings. The molecule has 21 heavy (non-hydrogen) atoms. The van der Waals surface area contributed by atoms with Gasteiger partial charge >= 0.3 is 0 Å². The van der Waals surface area contributed by atoms with Gasteiger partial charge in [-0.25, -0.2) is 0 Å². The molecular weight excluding hydrogens is 260 g/mol. The third-order valence-corrected chi connectivity index (χ3v) is 3.42. The molecule has 0 heterocycles. The zero-order valence-corrected chi connectivity index (χ0v) is 12.3. The Hall–Kier alpha value is -2.31. The minimum absolute atomic E-state index is 0.486. The van der Waals surface area contributed by atoms with E-state index in [1.54, 1.807) is 0 Å². The number of benzene rings is 2. The lowest BCUT2D eigenvalue weighted by Crippen LogP contribution is -2.42. The number of ether oxygens (including phenoxy) is 1. The molecule has 108 valence electrons. The zero-order chi connectivity index (χ0) is 15.0. The Morgan fingerprint density at radius 1 is 1.05 bits per heavy atom. The predicted octanol–water partition coefficient (Wildman–Crippen LogP) is 3.48. The van der Waals surface area contributed by atoms with E-state index >= 15 is 0 Å². The van der Waals surface area contributed by atoms with Crippen LogP contribution in [0.5, 0.6) is 5.75 Å². The van der Waals surface area contributed by atoms with Gasteiger partial charge in [0.05, 0.1) is 12.7 Å². The summed E-state index contributed by atoms with van der Waals surface area (Å²) in [5, 5.41) is 13.0. The Labute approximate surface area is 126 Å². The average Bonchev–Trinajstić information content (AvgIpc) is 2.56. The molecule has 0 saturated carbocycles. The van der Waals surface area contributed by atoms with Gasteiger partial charge in [0.1, 0.15) is 11.3 Å². The van der Waals surface area contributed by atoms with Crippen LogP contribution in [0.2, 0.25) is 0 Å². The molecule has 1 atom stereocenters. The maximum absolute atomic E-state index is 9.69. The minimum atomic E-state index is -0.704. The first-order valence-corrected chi connectivity index (χ1v) is 7.20. The first-order valence-electron chi connectivity index (χ1n) is 7.20. The molecule has 0 aliphatic rings. The standard InChI is InChI=1S/C18H20N2O/c1-2-20-18(15-19,16-9-5-3-6-10-16)13-14-21-17-11-7-4-8-12-17/h3-12,20H,2,13-14H2,1H3. The highest BCUT2D eigenvalue weighted by Gasteiger charge is 2.31. The molecule has 0 spiro atoms. The van der Waals surface area contributed by atoms with Crippen molar-refractivity contribution in [1.82, 2.24) is 5.32 Å². The normalized spacial score (nSPS) is 13.1. The SMILES string of the molecule is CCNC(C#N)(CCOc1ccccc1)c1ccccc1. The molecule has 1 unspecified atom stereocenters. The van der Waals surface area contributed by atoms with E-state index in [1.165, 1.54) is 0 Å². The second-order valence-corrected chi connectivity index (χ2v) is 4.83. The van der Waals surface area contributed by atoms with E-state index in [0.717, 1.165) is 17.9 Å². The summed E-state index contributed by atoms with van der Waals surface area (Å²) in [5.41, 5.74) is 0.274. The van der Waals surface area contributed by atoms with Gasteiger partial charge < -0.3 is 4.74 Å². The molecular formula is C18H20N2O. The summed E-state index contributed by atoms with van der Waals surface area (Å²) in [6.45, 7) is 3.22. The van der Waals surface area contributed by atoms with Crippen molar-refractivity contribution in [3.63, 3.8) is 0 Å². The van der Waals surface area contributed by atoms with E-state index in [-0.39, 0.29) is 0 Å². The highest BCUT2D eigenvalue weighted by atomic mass is 16.5. The van der Waals surface area contributed by atoms with Crippen molar-refractivity contribution in [3.05, 3.63) is 66.2 Å². The van der Waals surface area contributed by atoms with Crippen molar-refractivity contribution in [1.29, 1.82) is 5.26 Å². The molecule has 0 saturated heterocycles. The van der Waals surface area contributed by atoms with Crippen molar-refractivity contribution in [3.8, 4) is 11.8 Å². The largest absolute Gasteiger partial charge is 0.493 e. The van der Waals surface area contributed by atoms with Crippen LogP contribution in [0, 0.1) is 11.3 Å². The van der Waals surface area contributed by atoms with E-state index < -0.39 is 5.54 Å². The maximum Gasteiger partial charge on any atom is 0.135 e. The second kappa shape index (κ2) is 7.47. The second-order valence-electron chi connectivity index (χ2n) is 4.83. The topological polar surface area (TPSA) is 45.0 Å². The van der Waals surface area contributed by atoms with E-state index in [1.807, 2.05) is 67.6 Å². The fourth-order valence-corrected chi connectivity index (χ4v) is 2.36. The molecule has 2 rings (SSSR count). The van der Waals surface area contributed by atoms with Crippen LogP contribution in [-0.2, 0) is 5.54 Å². The predicted molar refractivity (Wildman–Crippen MR) is 84.0 cm³/mol. The molecule has 0 aliphatic heterocycles. The number of hydrogen-bond donors (Lipinski definition) is 1. The molecule has 2 aromatic carbocycles. The van der Waals surface area contributed by atoms with Crippen LogP contribution in [-0.4, -0.2) is 13.2 Å². The van der Waals surface area contributed by atoms with Crippen molar-refractivity contribution >= 4 is 0 Å². The summed E-state index contributed by atoms with van der Waals surface area (Å²) < 4.78 is 5.74. The van der Waals surface area contributed by atoms with E-state index in [4.69, 9.17) is 4.74 Å². The Balaban J connectivity index is 2.09. The smallest absolute Gasteiger partial charge is 0.135 e. The summed E-state index contributed by atoms with van der Waals surface area (Å²) in [4.78, 5) is 0. The number of nitrogens with zero attached hydrogens (tertiary/aromatic N) is 1. The Bertz CT molecular complexity index is 577. The summed E-state index contributed by atoms with van der Waals surface area (Å²) in [6, 6.07) is 21.9. The van der Waals surface area contributed by atoms with Gasteiger partial charge in [0.15, 0.2) is 0 Å². The molecule has 3 nitrogen and oxygen atoms in total. The first kappa shape index (κ1) is 15.1. The Kier molecular flexibility index (Phi) is 5.36. The lowest BCUT2D eigenvalue weighted by atomic mass is 9.88. The van der Waals surface area contributed by atoms with Crippen molar-refractivity contribution in [2.75, 3.05) is 13.2 Å². The molecule has 0 amide bonds. The zero-order valence-electron chi connectivity index (χ0n) is 12.3. The van der Waals surface area contributed by atoms with E-state index in [9.17, 15) is 5.26 Å². The van der Waals surface area contributed by atoms with Gasteiger partial charge in [-0.3, -0.25) is 5.32 Å². The average molecular weight is 280 g/mol. The van der Waals surface area contributed by atoms with Gasteiger partial charge in [0.2, 0.25) is 0 Å². The van der Waals surface area contributed by atoms with E-state index in [2.05, 4.69) is 11.4 Å². The number of hydrogen-bond acceptors (Lipinski definition) is 3. The van der Waals surface area contributed by atoms with Crippen LogP contribution >= 0.6 is 0 Å². The Morgan fingerprint density at radius 3 is 2.24 bits per heavy atom.